The van der Waals surface area contributed by atoms with Crippen LogP contribution in [0.1, 0.15) is 38.3 Å². The minimum absolute atomic E-state index is 0.277. The molecule has 2 unspecified atom stereocenters. The Hall–Kier alpha value is -1.42. The molecule has 0 heterocycles. The molecule has 114 valence electrons. The van der Waals surface area contributed by atoms with Gasteiger partial charge in [0, 0.05) is 6.04 Å². The first-order chi connectivity index (χ1) is 9.60. The number of benzene rings is 1. The third-order valence-corrected chi connectivity index (χ3v) is 3.77. The number of rotatable bonds is 8. The second kappa shape index (κ2) is 8.00. The maximum atomic E-state index is 5.41. The summed E-state index contributed by atoms with van der Waals surface area (Å²) < 4.78 is 16.2. The monoisotopic (exact) mass is 281 g/mol. The molecule has 0 bridgehead atoms. The summed E-state index contributed by atoms with van der Waals surface area (Å²) >= 11 is 0. The summed E-state index contributed by atoms with van der Waals surface area (Å²) in [6.45, 7) is 4.48. The summed E-state index contributed by atoms with van der Waals surface area (Å²) in [4.78, 5) is 0. The van der Waals surface area contributed by atoms with E-state index in [-0.39, 0.29) is 6.04 Å². The molecule has 0 saturated heterocycles. The SMILES string of the molecule is CCC(C)CC(NC)c1cc(OC)c(OC)c(OC)c1. The molecule has 0 aliphatic rings. The summed E-state index contributed by atoms with van der Waals surface area (Å²) in [6, 6.07) is 4.31. The molecule has 20 heavy (non-hydrogen) atoms. The summed E-state index contributed by atoms with van der Waals surface area (Å²) in [5.74, 6) is 2.70. The molecule has 4 heteroatoms. The average Bonchev–Trinajstić information content (AvgIpc) is 2.50. The van der Waals surface area contributed by atoms with Crippen molar-refractivity contribution >= 4 is 0 Å². The van der Waals surface area contributed by atoms with Crippen molar-refractivity contribution in [1.82, 2.24) is 5.32 Å². The predicted octanol–water partition coefficient (Wildman–Crippen LogP) is 3.41. The molecule has 1 rings (SSSR count). The van der Waals surface area contributed by atoms with Gasteiger partial charge in [0.15, 0.2) is 11.5 Å². The van der Waals surface area contributed by atoms with Gasteiger partial charge in [0.25, 0.3) is 0 Å². The molecule has 0 saturated carbocycles. The lowest BCUT2D eigenvalue weighted by Gasteiger charge is -2.22. The molecule has 1 N–H and O–H groups in total. The highest BCUT2D eigenvalue weighted by Crippen LogP contribution is 2.40. The van der Waals surface area contributed by atoms with E-state index in [0.717, 1.165) is 12.0 Å². The van der Waals surface area contributed by atoms with Crippen LogP contribution in [0, 0.1) is 5.92 Å². The number of hydrogen-bond acceptors (Lipinski definition) is 4. The maximum Gasteiger partial charge on any atom is 0.203 e. The van der Waals surface area contributed by atoms with Crippen molar-refractivity contribution in [2.45, 2.75) is 32.7 Å². The van der Waals surface area contributed by atoms with Crippen LogP contribution in [0.5, 0.6) is 17.2 Å². The number of methoxy groups -OCH3 is 3. The van der Waals surface area contributed by atoms with Gasteiger partial charge in [-0.15, -0.1) is 0 Å². The second-order valence-electron chi connectivity index (χ2n) is 5.05. The lowest BCUT2D eigenvalue weighted by molar-refractivity contribution is 0.322. The fourth-order valence-electron chi connectivity index (χ4n) is 2.29. The Labute approximate surface area is 122 Å². The highest BCUT2D eigenvalue weighted by molar-refractivity contribution is 5.54. The topological polar surface area (TPSA) is 39.7 Å². The van der Waals surface area contributed by atoms with Gasteiger partial charge < -0.3 is 19.5 Å². The van der Waals surface area contributed by atoms with Gasteiger partial charge in [-0.25, -0.2) is 0 Å². The number of hydrogen-bond donors (Lipinski definition) is 1. The Kier molecular flexibility index (Phi) is 6.65. The molecule has 0 aliphatic carbocycles. The first-order valence-corrected chi connectivity index (χ1v) is 7.08. The Morgan fingerprint density at radius 2 is 1.60 bits per heavy atom. The minimum atomic E-state index is 0.277. The van der Waals surface area contributed by atoms with Crippen molar-refractivity contribution in [1.29, 1.82) is 0 Å². The lowest BCUT2D eigenvalue weighted by Crippen LogP contribution is -2.19. The van der Waals surface area contributed by atoms with Crippen LogP contribution in [-0.4, -0.2) is 28.4 Å². The van der Waals surface area contributed by atoms with Crippen molar-refractivity contribution in [3.63, 3.8) is 0 Å². The smallest absolute Gasteiger partial charge is 0.203 e. The van der Waals surface area contributed by atoms with Crippen molar-refractivity contribution in [2.75, 3.05) is 28.4 Å². The van der Waals surface area contributed by atoms with E-state index in [2.05, 4.69) is 19.2 Å². The van der Waals surface area contributed by atoms with Crippen molar-refractivity contribution in [3.05, 3.63) is 17.7 Å². The quantitative estimate of drug-likeness (QED) is 0.792. The van der Waals surface area contributed by atoms with Gasteiger partial charge in [-0.3, -0.25) is 0 Å². The van der Waals surface area contributed by atoms with E-state index in [1.165, 1.54) is 6.42 Å². The Morgan fingerprint density at radius 3 is 1.95 bits per heavy atom. The molecule has 2 atom stereocenters. The number of ether oxygens (including phenoxy) is 3. The van der Waals surface area contributed by atoms with E-state index in [9.17, 15) is 0 Å². The Balaban J connectivity index is 3.15. The van der Waals surface area contributed by atoms with Crippen LogP contribution in [-0.2, 0) is 0 Å². The molecule has 0 spiro atoms. The van der Waals surface area contributed by atoms with E-state index < -0.39 is 0 Å². The molecule has 1 aromatic rings. The van der Waals surface area contributed by atoms with Crippen molar-refractivity contribution in [3.8, 4) is 17.2 Å². The molecule has 0 radical (unpaired) electrons. The van der Waals surface area contributed by atoms with E-state index in [1.54, 1.807) is 21.3 Å². The largest absolute Gasteiger partial charge is 0.493 e. The fourth-order valence-corrected chi connectivity index (χ4v) is 2.29. The van der Waals surface area contributed by atoms with E-state index in [1.807, 2.05) is 19.2 Å². The third-order valence-electron chi connectivity index (χ3n) is 3.77. The second-order valence-corrected chi connectivity index (χ2v) is 5.05. The van der Waals surface area contributed by atoms with E-state index >= 15 is 0 Å². The minimum Gasteiger partial charge on any atom is -0.493 e. The first-order valence-electron chi connectivity index (χ1n) is 7.08. The molecular formula is C16H27NO3. The molecule has 1 aromatic carbocycles. The summed E-state index contributed by atoms with van der Waals surface area (Å²) in [5, 5.41) is 3.37. The summed E-state index contributed by atoms with van der Waals surface area (Å²) in [5.41, 5.74) is 1.15. The Morgan fingerprint density at radius 1 is 1.05 bits per heavy atom. The van der Waals surface area contributed by atoms with Crippen LogP contribution in [0.4, 0.5) is 0 Å². The highest BCUT2D eigenvalue weighted by Gasteiger charge is 2.19. The van der Waals surface area contributed by atoms with Crippen LogP contribution in [0.3, 0.4) is 0 Å². The molecule has 0 fully saturated rings. The molecule has 4 nitrogen and oxygen atoms in total. The standard InChI is InChI=1S/C16H27NO3/c1-7-11(2)8-13(17-3)12-9-14(18-4)16(20-6)15(10-12)19-5/h9-11,13,17H,7-8H2,1-6H3. The van der Waals surface area contributed by atoms with Crippen LogP contribution < -0.4 is 19.5 Å². The normalized spacial score (nSPS) is 13.7. The number of nitrogens with one attached hydrogen (secondary N) is 1. The van der Waals surface area contributed by atoms with Crippen LogP contribution >= 0.6 is 0 Å². The average molecular weight is 281 g/mol. The first kappa shape index (κ1) is 16.6. The lowest BCUT2D eigenvalue weighted by atomic mass is 9.94. The van der Waals surface area contributed by atoms with Gasteiger partial charge in [-0.2, -0.15) is 0 Å². The molecular weight excluding hydrogens is 254 g/mol. The van der Waals surface area contributed by atoms with Gasteiger partial charge in [-0.05, 0) is 37.1 Å². The van der Waals surface area contributed by atoms with Crippen LogP contribution in [0.25, 0.3) is 0 Å². The van der Waals surface area contributed by atoms with Crippen LogP contribution in [0.2, 0.25) is 0 Å². The van der Waals surface area contributed by atoms with E-state index in [0.29, 0.717) is 23.2 Å². The predicted molar refractivity (Wildman–Crippen MR) is 82.0 cm³/mol. The van der Waals surface area contributed by atoms with Crippen LogP contribution in [0.15, 0.2) is 12.1 Å². The highest BCUT2D eigenvalue weighted by atomic mass is 16.5. The zero-order valence-electron chi connectivity index (χ0n) is 13.4. The summed E-state index contributed by atoms with van der Waals surface area (Å²) in [6.07, 6.45) is 2.24. The molecule has 0 amide bonds. The van der Waals surface area contributed by atoms with Gasteiger partial charge in [-0.1, -0.05) is 20.3 Å². The van der Waals surface area contributed by atoms with Gasteiger partial charge in [0.1, 0.15) is 0 Å². The van der Waals surface area contributed by atoms with E-state index in [4.69, 9.17) is 14.2 Å². The fraction of sp³-hybridized carbons (Fsp3) is 0.625. The third kappa shape index (κ3) is 3.79. The van der Waals surface area contributed by atoms with Gasteiger partial charge >= 0.3 is 0 Å². The molecule has 0 aliphatic heterocycles. The molecule has 0 aromatic heterocycles. The zero-order valence-corrected chi connectivity index (χ0v) is 13.4. The van der Waals surface area contributed by atoms with Gasteiger partial charge in [0.05, 0.1) is 21.3 Å². The summed E-state index contributed by atoms with van der Waals surface area (Å²) in [7, 11) is 6.89. The Bertz CT molecular complexity index is 395. The van der Waals surface area contributed by atoms with Gasteiger partial charge in [0.2, 0.25) is 5.75 Å². The zero-order chi connectivity index (χ0) is 15.1. The maximum absolute atomic E-state index is 5.41. The van der Waals surface area contributed by atoms with Crippen molar-refractivity contribution < 1.29 is 14.2 Å². The van der Waals surface area contributed by atoms with Crippen molar-refractivity contribution in [2.24, 2.45) is 5.92 Å².